The molecule has 1 aliphatic rings. The number of ether oxygens (including phenoxy) is 1. The van der Waals surface area contributed by atoms with Crippen LogP contribution in [0.3, 0.4) is 0 Å². The van der Waals surface area contributed by atoms with Gasteiger partial charge >= 0.3 is 0 Å². The second-order valence-electron chi connectivity index (χ2n) is 6.06. The van der Waals surface area contributed by atoms with Gasteiger partial charge in [-0.05, 0) is 42.7 Å². The summed E-state index contributed by atoms with van der Waals surface area (Å²) in [6.07, 6.45) is 3.91. The van der Waals surface area contributed by atoms with Gasteiger partial charge in [-0.15, -0.1) is 0 Å². The monoisotopic (exact) mass is 328 g/mol. The van der Waals surface area contributed by atoms with E-state index in [9.17, 15) is 9.18 Å². The lowest BCUT2D eigenvalue weighted by molar-refractivity contribution is -0.133. The Morgan fingerprint density at radius 3 is 2.92 bits per heavy atom. The molecule has 0 spiro atoms. The molecular formula is C19H21FN2O2. The largest absolute Gasteiger partial charge is 0.378 e. The summed E-state index contributed by atoms with van der Waals surface area (Å²) in [5.41, 5.74) is 1.42. The van der Waals surface area contributed by atoms with Crippen LogP contribution < -0.4 is 0 Å². The van der Waals surface area contributed by atoms with Gasteiger partial charge in [-0.1, -0.05) is 18.2 Å². The van der Waals surface area contributed by atoms with Gasteiger partial charge in [0.25, 0.3) is 0 Å². The minimum absolute atomic E-state index is 0.0168. The summed E-state index contributed by atoms with van der Waals surface area (Å²) in [6.45, 7) is 0.717. The van der Waals surface area contributed by atoms with Gasteiger partial charge in [0, 0.05) is 19.9 Å². The average Bonchev–Trinajstić information content (AvgIpc) is 3.09. The molecule has 1 aromatic heterocycles. The Labute approximate surface area is 141 Å². The van der Waals surface area contributed by atoms with E-state index >= 15 is 0 Å². The fourth-order valence-electron chi connectivity index (χ4n) is 3.10. The smallest absolute Gasteiger partial charge is 0.225 e. The second-order valence-corrected chi connectivity index (χ2v) is 6.06. The van der Waals surface area contributed by atoms with Crippen molar-refractivity contribution in [2.75, 3.05) is 13.7 Å². The van der Waals surface area contributed by atoms with E-state index in [0.29, 0.717) is 17.7 Å². The summed E-state index contributed by atoms with van der Waals surface area (Å²) in [4.78, 5) is 18.7. The van der Waals surface area contributed by atoms with E-state index in [4.69, 9.17) is 4.74 Å². The molecular weight excluding hydrogens is 307 g/mol. The highest BCUT2D eigenvalue weighted by Crippen LogP contribution is 2.28. The van der Waals surface area contributed by atoms with E-state index in [2.05, 4.69) is 4.98 Å². The van der Waals surface area contributed by atoms with E-state index < -0.39 is 6.04 Å². The number of hydrogen-bond donors (Lipinski definition) is 0. The molecule has 0 radical (unpaired) electrons. The average molecular weight is 328 g/mol. The summed E-state index contributed by atoms with van der Waals surface area (Å²) in [5.74, 6) is -0.352. The first kappa shape index (κ1) is 16.6. The molecule has 2 unspecified atom stereocenters. The number of hydrogen-bond acceptors (Lipinski definition) is 3. The molecule has 0 aliphatic carbocycles. The molecule has 1 amide bonds. The predicted octanol–water partition coefficient (Wildman–Crippen LogP) is 3.34. The molecule has 2 aromatic rings. The Morgan fingerprint density at radius 1 is 1.38 bits per heavy atom. The lowest BCUT2D eigenvalue weighted by atomic mass is 10.0. The van der Waals surface area contributed by atoms with Crippen molar-refractivity contribution in [3.8, 4) is 0 Å². The van der Waals surface area contributed by atoms with Crippen molar-refractivity contribution in [3.05, 3.63) is 65.7 Å². The van der Waals surface area contributed by atoms with Crippen molar-refractivity contribution in [2.45, 2.75) is 31.4 Å². The van der Waals surface area contributed by atoms with Crippen molar-refractivity contribution in [3.63, 3.8) is 0 Å². The number of carbonyl (C=O) groups is 1. The van der Waals surface area contributed by atoms with Gasteiger partial charge in [-0.2, -0.15) is 0 Å². The number of rotatable bonds is 5. The summed E-state index contributed by atoms with van der Waals surface area (Å²) in [7, 11) is 1.74. The van der Waals surface area contributed by atoms with Crippen LogP contribution in [0.1, 0.15) is 36.6 Å². The fraction of sp³-hybridized carbons (Fsp3) is 0.368. The maximum absolute atomic E-state index is 13.7. The van der Waals surface area contributed by atoms with Gasteiger partial charge in [-0.3, -0.25) is 9.78 Å². The first-order valence-corrected chi connectivity index (χ1v) is 8.19. The fourth-order valence-corrected chi connectivity index (χ4v) is 3.10. The van der Waals surface area contributed by atoms with Gasteiger partial charge in [0.05, 0.1) is 24.3 Å². The van der Waals surface area contributed by atoms with E-state index in [1.165, 1.54) is 12.1 Å². The van der Waals surface area contributed by atoms with Crippen LogP contribution >= 0.6 is 0 Å². The van der Waals surface area contributed by atoms with Crippen molar-refractivity contribution in [1.82, 2.24) is 9.88 Å². The minimum atomic E-state index is -0.421. The maximum atomic E-state index is 13.7. The van der Waals surface area contributed by atoms with Crippen LogP contribution in [0.5, 0.6) is 0 Å². The zero-order chi connectivity index (χ0) is 16.9. The molecule has 24 heavy (non-hydrogen) atoms. The van der Waals surface area contributed by atoms with E-state index in [1.54, 1.807) is 24.2 Å². The number of halogens is 1. The molecule has 5 heteroatoms. The quantitative estimate of drug-likeness (QED) is 0.845. The molecule has 1 aliphatic heterocycles. The molecule has 2 atom stereocenters. The van der Waals surface area contributed by atoms with Crippen LogP contribution in [-0.2, 0) is 9.53 Å². The molecule has 0 bridgehead atoms. The Kier molecular flexibility index (Phi) is 5.20. The molecule has 0 saturated carbocycles. The highest BCUT2D eigenvalue weighted by atomic mass is 19.1. The standard InChI is InChI=1S/C19H21FN2O2/c1-22(18(23)13-16-8-5-11-24-16)19(17-9-2-3-10-21-17)14-6-4-7-15(20)12-14/h2-4,6-7,9-10,12,16,19H,5,8,11,13H2,1H3. The van der Waals surface area contributed by atoms with Gasteiger partial charge in [-0.25, -0.2) is 4.39 Å². The number of aromatic nitrogens is 1. The lowest BCUT2D eigenvalue weighted by Crippen LogP contribution is -2.34. The Hall–Kier alpha value is -2.27. The molecule has 1 aromatic carbocycles. The van der Waals surface area contributed by atoms with Gasteiger partial charge in [0.1, 0.15) is 5.82 Å². The van der Waals surface area contributed by atoms with Crippen LogP contribution in [0.2, 0.25) is 0 Å². The number of nitrogens with zero attached hydrogens (tertiary/aromatic N) is 2. The number of amides is 1. The summed E-state index contributed by atoms with van der Waals surface area (Å²) >= 11 is 0. The molecule has 1 saturated heterocycles. The number of pyridine rings is 1. The topological polar surface area (TPSA) is 42.4 Å². The SMILES string of the molecule is CN(C(=O)CC1CCCO1)C(c1cccc(F)c1)c1ccccn1. The van der Waals surface area contributed by atoms with Crippen molar-refractivity contribution in [2.24, 2.45) is 0 Å². The van der Waals surface area contributed by atoms with Gasteiger partial charge in [0.2, 0.25) is 5.91 Å². The van der Waals surface area contributed by atoms with Crippen molar-refractivity contribution in [1.29, 1.82) is 0 Å². The van der Waals surface area contributed by atoms with Gasteiger partial charge < -0.3 is 9.64 Å². The Balaban J connectivity index is 1.87. The molecule has 1 fully saturated rings. The van der Waals surface area contributed by atoms with Crippen molar-refractivity contribution >= 4 is 5.91 Å². The molecule has 0 N–H and O–H groups in total. The molecule has 2 heterocycles. The highest BCUT2D eigenvalue weighted by Gasteiger charge is 2.28. The van der Waals surface area contributed by atoms with E-state index in [1.807, 2.05) is 24.3 Å². The molecule has 4 nitrogen and oxygen atoms in total. The third kappa shape index (κ3) is 3.79. The Morgan fingerprint density at radius 2 is 2.25 bits per heavy atom. The zero-order valence-corrected chi connectivity index (χ0v) is 13.7. The Bertz CT molecular complexity index is 687. The van der Waals surface area contributed by atoms with E-state index in [-0.39, 0.29) is 17.8 Å². The minimum Gasteiger partial charge on any atom is -0.378 e. The van der Waals surface area contributed by atoms with Gasteiger partial charge in [0.15, 0.2) is 0 Å². The lowest BCUT2D eigenvalue weighted by Gasteiger charge is -2.29. The van der Waals surface area contributed by atoms with Crippen LogP contribution in [0, 0.1) is 5.82 Å². The second kappa shape index (κ2) is 7.53. The number of carbonyl (C=O) groups excluding carboxylic acids is 1. The number of benzene rings is 1. The normalized spacial score (nSPS) is 18.3. The van der Waals surface area contributed by atoms with Crippen LogP contribution in [0.25, 0.3) is 0 Å². The summed E-state index contributed by atoms with van der Waals surface area (Å²) in [6, 6.07) is 11.4. The first-order valence-electron chi connectivity index (χ1n) is 8.19. The van der Waals surface area contributed by atoms with Crippen molar-refractivity contribution < 1.29 is 13.9 Å². The highest BCUT2D eigenvalue weighted by molar-refractivity contribution is 5.77. The summed E-state index contributed by atoms with van der Waals surface area (Å²) < 4.78 is 19.3. The van der Waals surface area contributed by atoms with Crippen LogP contribution in [-0.4, -0.2) is 35.5 Å². The van der Waals surface area contributed by atoms with Crippen LogP contribution in [0.15, 0.2) is 48.7 Å². The third-order valence-corrected chi connectivity index (χ3v) is 4.34. The summed E-state index contributed by atoms with van der Waals surface area (Å²) in [5, 5.41) is 0. The predicted molar refractivity (Wildman–Crippen MR) is 88.8 cm³/mol. The van der Waals surface area contributed by atoms with E-state index in [0.717, 1.165) is 19.4 Å². The van der Waals surface area contributed by atoms with Crippen LogP contribution in [0.4, 0.5) is 4.39 Å². The molecule has 3 rings (SSSR count). The third-order valence-electron chi connectivity index (χ3n) is 4.34. The molecule has 126 valence electrons. The zero-order valence-electron chi connectivity index (χ0n) is 13.7. The first-order chi connectivity index (χ1) is 11.6. The maximum Gasteiger partial charge on any atom is 0.225 e.